The van der Waals surface area contributed by atoms with Crippen molar-refractivity contribution >= 4 is 22.9 Å². The summed E-state index contributed by atoms with van der Waals surface area (Å²) < 4.78 is 0.927. The fourth-order valence-electron chi connectivity index (χ4n) is 3.28. The Balaban J connectivity index is 1.97. The molecule has 3 heteroatoms. The van der Waals surface area contributed by atoms with Crippen LogP contribution in [-0.2, 0) is 6.42 Å². The molecule has 0 amide bonds. The van der Waals surface area contributed by atoms with Crippen LogP contribution in [0.25, 0.3) is 0 Å². The zero-order chi connectivity index (χ0) is 13.7. The van der Waals surface area contributed by atoms with Gasteiger partial charge in [-0.2, -0.15) is 0 Å². The molecular formula is C16H26ClNS. The standard InChI is InChI=1S/C16H26ClNS/c1-3-9-18-15-7-5-12(4-2)10-13(15)11-14-6-8-16(17)19-14/h6,8,12-13,15,18H,3-5,7,9-11H2,1-2H3. The van der Waals surface area contributed by atoms with Crippen LogP contribution in [0.1, 0.15) is 50.8 Å². The molecular weight excluding hydrogens is 274 g/mol. The van der Waals surface area contributed by atoms with Gasteiger partial charge in [-0.25, -0.2) is 0 Å². The molecule has 3 unspecified atom stereocenters. The highest BCUT2D eigenvalue weighted by atomic mass is 35.5. The van der Waals surface area contributed by atoms with Crippen LogP contribution in [0.5, 0.6) is 0 Å². The minimum Gasteiger partial charge on any atom is -0.314 e. The highest BCUT2D eigenvalue weighted by molar-refractivity contribution is 7.16. The van der Waals surface area contributed by atoms with Crippen LogP contribution >= 0.6 is 22.9 Å². The lowest BCUT2D eigenvalue weighted by atomic mass is 9.75. The van der Waals surface area contributed by atoms with Gasteiger partial charge in [-0.05, 0) is 62.6 Å². The highest BCUT2D eigenvalue weighted by Crippen LogP contribution is 2.35. The second-order valence-electron chi connectivity index (χ2n) is 5.82. The molecule has 1 heterocycles. The van der Waals surface area contributed by atoms with Crippen LogP contribution in [0.2, 0.25) is 4.34 Å². The maximum Gasteiger partial charge on any atom is 0.0931 e. The summed E-state index contributed by atoms with van der Waals surface area (Å²) in [4.78, 5) is 1.45. The van der Waals surface area contributed by atoms with Gasteiger partial charge in [-0.15, -0.1) is 11.3 Å². The Bertz CT molecular complexity index is 377. The van der Waals surface area contributed by atoms with Gasteiger partial charge in [0.2, 0.25) is 0 Å². The predicted molar refractivity (Wildman–Crippen MR) is 86.2 cm³/mol. The van der Waals surface area contributed by atoms with Gasteiger partial charge in [0.1, 0.15) is 0 Å². The van der Waals surface area contributed by atoms with E-state index in [0.717, 1.165) is 22.7 Å². The zero-order valence-electron chi connectivity index (χ0n) is 12.1. The van der Waals surface area contributed by atoms with Gasteiger partial charge < -0.3 is 5.32 Å². The van der Waals surface area contributed by atoms with Crippen molar-refractivity contribution in [1.82, 2.24) is 5.32 Å². The molecule has 1 nitrogen and oxygen atoms in total. The number of nitrogens with one attached hydrogen (secondary N) is 1. The lowest BCUT2D eigenvalue weighted by Crippen LogP contribution is -2.41. The maximum absolute atomic E-state index is 6.06. The quantitative estimate of drug-likeness (QED) is 0.767. The number of halogens is 1. The molecule has 0 spiro atoms. The normalized spacial score (nSPS) is 27.6. The molecule has 0 aliphatic heterocycles. The number of hydrogen-bond donors (Lipinski definition) is 1. The topological polar surface area (TPSA) is 12.0 Å². The van der Waals surface area contributed by atoms with E-state index in [1.807, 2.05) is 6.07 Å². The Kier molecular flexibility index (Phi) is 6.18. The Labute approximate surface area is 126 Å². The lowest BCUT2D eigenvalue weighted by molar-refractivity contribution is 0.199. The van der Waals surface area contributed by atoms with Gasteiger partial charge in [0.15, 0.2) is 0 Å². The van der Waals surface area contributed by atoms with Gasteiger partial charge in [-0.3, -0.25) is 0 Å². The predicted octanol–water partition coefficient (Wildman–Crippen LogP) is 5.14. The van der Waals surface area contributed by atoms with Gasteiger partial charge in [0.25, 0.3) is 0 Å². The van der Waals surface area contributed by atoms with Crippen LogP contribution in [0, 0.1) is 11.8 Å². The van der Waals surface area contributed by atoms with E-state index in [1.165, 1.54) is 43.4 Å². The van der Waals surface area contributed by atoms with E-state index in [4.69, 9.17) is 11.6 Å². The summed E-state index contributed by atoms with van der Waals surface area (Å²) in [6.45, 7) is 5.74. The first-order valence-electron chi connectivity index (χ1n) is 7.70. The molecule has 1 aliphatic carbocycles. The first-order valence-corrected chi connectivity index (χ1v) is 8.90. The first kappa shape index (κ1) is 15.3. The molecule has 1 aromatic rings. The fraction of sp³-hybridized carbons (Fsp3) is 0.750. The third-order valence-electron chi connectivity index (χ3n) is 4.42. The van der Waals surface area contributed by atoms with Crippen molar-refractivity contribution in [2.45, 2.75) is 58.4 Å². The minimum absolute atomic E-state index is 0.712. The Morgan fingerprint density at radius 2 is 2.16 bits per heavy atom. The van der Waals surface area contributed by atoms with Crippen molar-refractivity contribution < 1.29 is 0 Å². The molecule has 0 bridgehead atoms. The highest BCUT2D eigenvalue weighted by Gasteiger charge is 2.29. The average Bonchev–Trinajstić information content (AvgIpc) is 2.82. The zero-order valence-corrected chi connectivity index (χ0v) is 13.7. The molecule has 2 rings (SSSR count). The van der Waals surface area contributed by atoms with E-state index in [0.29, 0.717) is 6.04 Å². The minimum atomic E-state index is 0.712. The van der Waals surface area contributed by atoms with Crippen molar-refractivity contribution in [2.24, 2.45) is 11.8 Å². The lowest BCUT2D eigenvalue weighted by Gasteiger charge is -2.36. The van der Waals surface area contributed by atoms with Gasteiger partial charge in [0, 0.05) is 10.9 Å². The third-order valence-corrected chi connectivity index (χ3v) is 5.67. The average molecular weight is 300 g/mol. The molecule has 1 N–H and O–H groups in total. The summed E-state index contributed by atoms with van der Waals surface area (Å²) in [5.74, 6) is 1.72. The molecule has 19 heavy (non-hydrogen) atoms. The van der Waals surface area contributed by atoms with Crippen LogP contribution in [0.4, 0.5) is 0 Å². The van der Waals surface area contributed by atoms with Gasteiger partial charge >= 0.3 is 0 Å². The maximum atomic E-state index is 6.06. The third kappa shape index (κ3) is 4.47. The van der Waals surface area contributed by atoms with E-state index in [2.05, 4.69) is 25.2 Å². The van der Waals surface area contributed by atoms with Crippen LogP contribution in [0.3, 0.4) is 0 Å². The molecule has 0 radical (unpaired) electrons. The molecule has 0 aromatic carbocycles. The summed E-state index contributed by atoms with van der Waals surface area (Å²) in [6.07, 6.45) is 7.90. The van der Waals surface area contributed by atoms with E-state index in [-0.39, 0.29) is 0 Å². The van der Waals surface area contributed by atoms with Crippen molar-refractivity contribution in [1.29, 1.82) is 0 Å². The van der Waals surface area contributed by atoms with E-state index >= 15 is 0 Å². The molecule has 1 aliphatic rings. The smallest absolute Gasteiger partial charge is 0.0931 e. The number of thiophene rings is 1. The second kappa shape index (κ2) is 7.66. The Morgan fingerprint density at radius 1 is 1.32 bits per heavy atom. The summed E-state index contributed by atoms with van der Waals surface area (Å²) in [6, 6.07) is 4.96. The molecule has 1 aromatic heterocycles. The summed E-state index contributed by atoms with van der Waals surface area (Å²) >= 11 is 7.81. The van der Waals surface area contributed by atoms with Gasteiger partial charge in [-0.1, -0.05) is 31.9 Å². The molecule has 0 saturated heterocycles. The number of hydrogen-bond acceptors (Lipinski definition) is 2. The van der Waals surface area contributed by atoms with E-state index in [1.54, 1.807) is 11.3 Å². The second-order valence-corrected chi connectivity index (χ2v) is 7.62. The largest absolute Gasteiger partial charge is 0.314 e. The Morgan fingerprint density at radius 3 is 2.79 bits per heavy atom. The molecule has 108 valence electrons. The van der Waals surface area contributed by atoms with Crippen LogP contribution < -0.4 is 5.32 Å². The summed E-state index contributed by atoms with van der Waals surface area (Å²) in [7, 11) is 0. The Hall–Kier alpha value is -0.0500. The molecule has 3 atom stereocenters. The fourth-order valence-corrected chi connectivity index (χ4v) is 4.46. The van der Waals surface area contributed by atoms with E-state index < -0.39 is 0 Å². The van der Waals surface area contributed by atoms with E-state index in [9.17, 15) is 0 Å². The molecule has 1 saturated carbocycles. The van der Waals surface area contributed by atoms with Crippen molar-refractivity contribution in [2.75, 3.05) is 6.54 Å². The van der Waals surface area contributed by atoms with Crippen molar-refractivity contribution in [3.8, 4) is 0 Å². The van der Waals surface area contributed by atoms with Gasteiger partial charge in [0.05, 0.1) is 4.34 Å². The van der Waals surface area contributed by atoms with Crippen LogP contribution in [-0.4, -0.2) is 12.6 Å². The van der Waals surface area contributed by atoms with Crippen LogP contribution in [0.15, 0.2) is 12.1 Å². The van der Waals surface area contributed by atoms with Crippen molar-refractivity contribution in [3.63, 3.8) is 0 Å². The molecule has 1 fully saturated rings. The monoisotopic (exact) mass is 299 g/mol. The number of rotatable bonds is 6. The summed E-state index contributed by atoms with van der Waals surface area (Å²) in [5.41, 5.74) is 0. The SMILES string of the molecule is CCCNC1CCC(CC)CC1Cc1ccc(Cl)s1. The first-order chi connectivity index (χ1) is 9.22. The summed E-state index contributed by atoms with van der Waals surface area (Å²) in [5, 5.41) is 3.76. The van der Waals surface area contributed by atoms with Crippen molar-refractivity contribution in [3.05, 3.63) is 21.3 Å².